The number of hydroxylamine groups is 1. The average Bonchev–Trinajstić information content (AvgIpc) is 3.15. The lowest BCUT2D eigenvalue weighted by Gasteiger charge is -2.13. The van der Waals surface area contributed by atoms with Crippen LogP contribution in [0, 0.1) is 0 Å². The monoisotopic (exact) mass is 337 g/mol. The summed E-state index contributed by atoms with van der Waals surface area (Å²) in [7, 11) is -3.40. The third kappa shape index (κ3) is 3.38. The zero-order valence-corrected chi connectivity index (χ0v) is 13.2. The number of hydrogen-bond acceptors (Lipinski definition) is 6. The van der Waals surface area contributed by atoms with Crippen molar-refractivity contribution in [2.75, 3.05) is 5.75 Å². The van der Waals surface area contributed by atoms with Gasteiger partial charge in [-0.15, -0.1) is 11.3 Å². The van der Waals surface area contributed by atoms with E-state index in [9.17, 15) is 8.42 Å². The van der Waals surface area contributed by atoms with E-state index >= 15 is 0 Å². The summed E-state index contributed by atoms with van der Waals surface area (Å²) in [5, 5.41) is 12.2. The van der Waals surface area contributed by atoms with Gasteiger partial charge in [0.2, 0.25) is 0 Å². The zero-order chi connectivity index (χ0) is 15.6. The topological polar surface area (TPSA) is 79.5 Å². The maximum absolute atomic E-state index is 12.3. The molecule has 1 aromatic carbocycles. The van der Waals surface area contributed by atoms with E-state index in [1.165, 1.54) is 6.26 Å². The molecule has 0 fully saturated rings. The fraction of sp³-hybridized carbons (Fsp3) is 0.200. The van der Waals surface area contributed by atoms with Crippen molar-refractivity contribution >= 4 is 31.3 Å². The Bertz CT molecular complexity index is 853. The first-order valence-electron chi connectivity index (χ1n) is 6.67. The van der Waals surface area contributed by atoms with E-state index < -0.39 is 15.9 Å². The van der Waals surface area contributed by atoms with Gasteiger partial charge in [0.05, 0.1) is 17.8 Å². The summed E-state index contributed by atoms with van der Waals surface area (Å²) in [5.74, 6) is 0.0791. The smallest absolute Gasteiger partial charge is 0.156 e. The van der Waals surface area contributed by atoms with Crippen molar-refractivity contribution in [2.45, 2.75) is 11.8 Å². The van der Waals surface area contributed by atoms with E-state index in [4.69, 9.17) is 9.62 Å². The predicted molar refractivity (Wildman–Crippen MR) is 85.7 cm³/mol. The van der Waals surface area contributed by atoms with Gasteiger partial charge in [-0.05, 0) is 46.7 Å². The Kier molecular flexibility index (Phi) is 4.30. The Morgan fingerprint density at radius 3 is 2.86 bits per heavy atom. The van der Waals surface area contributed by atoms with Gasteiger partial charge in [-0.2, -0.15) is 5.48 Å². The number of benzene rings is 1. The molecule has 0 bridgehead atoms. The van der Waals surface area contributed by atoms with Crippen LogP contribution in [0.25, 0.3) is 10.1 Å². The average molecular weight is 337 g/mol. The van der Waals surface area contributed by atoms with Crippen molar-refractivity contribution in [3.8, 4) is 0 Å². The highest BCUT2D eigenvalue weighted by Gasteiger charge is 2.23. The molecular weight excluding hydrogens is 322 g/mol. The van der Waals surface area contributed by atoms with Crippen LogP contribution in [0.4, 0.5) is 0 Å². The molecule has 0 saturated heterocycles. The molecule has 7 heteroatoms. The maximum atomic E-state index is 12.3. The molecule has 0 amide bonds. The van der Waals surface area contributed by atoms with Gasteiger partial charge in [0.15, 0.2) is 9.84 Å². The lowest BCUT2D eigenvalue weighted by Crippen LogP contribution is -2.26. The highest BCUT2D eigenvalue weighted by molar-refractivity contribution is 7.90. The molecule has 0 saturated carbocycles. The Labute approximate surface area is 132 Å². The molecule has 0 spiro atoms. The molecule has 0 aliphatic carbocycles. The molecule has 0 radical (unpaired) electrons. The molecule has 116 valence electrons. The molecule has 5 nitrogen and oxygen atoms in total. The highest BCUT2D eigenvalue weighted by Crippen LogP contribution is 2.24. The SMILES string of the molecule is O=S(=O)(Cc1ccc2sccc2c1)CC(NO)c1ccco1. The fourth-order valence-electron chi connectivity index (χ4n) is 2.35. The van der Waals surface area contributed by atoms with E-state index in [0.29, 0.717) is 5.76 Å². The minimum Gasteiger partial charge on any atom is -0.468 e. The Morgan fingerprint density at radius 1 is 1.27 bits per heavy atom. The molecule has 0 aliphatic heterocycles. The Hall–Kier alpha value is -1.67. The molecule has 3 rings (SSSR count). The lowest BCUT2D eigenvalue weighted by atomic mass is 10.2. The zero-order valence-electron chi connectivity index (χ0n) is 11.6. The second-order valence-corrected chi connectivity index (χ2v) is 8.10. The number of nitrogens with one attached hydrogen (secondary N) is 1. The van der Waals surface area contributed by atoms with E-state index in [0.717, 1.165) is 15.6 Å². The molecular formula is C15H15NO4S2. The van der Waals surface area contributed by atoms with Gasteiger partial charge in [-0.25, -0.2) is 8.42 Å². The molecule has 0 aliphatic rings. The molecule has 22 heavy (non-hydrogen) atoms. The third-order valence-electron chi connectivity index (χ3n) is 3.37. The standard InChI is InChI=1S/C15H15NO4S2/c17-16-13(14-2-1-6-20-14)10-22(18,19)9-11-3-4-15-12(8-11)5-7-21-15/h1-8,13,16-17H,9-10H2. The van der Waals surface area contributed by atoms with Crippen molar-refractivity contribution in [3.63, 3.8) is 0 Å². The maximum Gasteiger partial charge on any atom is 0.156 e. The number of fused-ring (bicyclic) bond motifs is 1. The first-order chi connectivity index (χ1) is 10.6. The van der Waals surface area contributed by atoms with Crippen LogP contribution < -0.4 is 5.48 Å². The number of rotatable bonds is 6. The van der Waals surface area contributed by atoms with Crippen LogP contribution in [0.3, 0.4) is 0 Å². The molecule has 2 heterocycles. The summed E-state index contributed by atoms with van der Waals surface area (Å²) in [6, 6.07) is 10.1. The summed E-state index contributed by atoms with van der Waals surface area (Å²) in [6.45, 7) is 0. The van der Waals surface area contributed by atoms with Gasteiger partial charge < -0.3 is 9.62 Å². The molecule has 2 aromatic heterocycles. The number of sulfone groups is 1. The number of thiophene rings is 1. The van der Waals surface area contributed by atoms with Gasteiger partial charge in [-0.3, -0.25) is 0 Å². The van der Waals surface area contributed by atoms with Crippen molar-refractivity contribution in [1.29, 1.82) is 0 Å². The van der Waals surface area contributed by atoms with Crippen LogP contribution in [0.1, 0.15) is 17.4 Å². The Balaban J connectivity index is 1.77. The summed E-state index contributed by atoms with van der Waals surface area (Å²) >= 11 is 1.62. The Morgan fingerprint density at radius 2 is 2.14 bits per heavy atom. The van der Waals surface area contributed by atoms with E-state index in [1.54, 1.807) is 23.5 Å². The lowest BCUT2D eigenvalue weighted by molar-refractivity contribution is 0.124. The molecule has 2 N–H and O–H groups in total. The molecule has 3 aromatic rings. The fourth-order valence-corrected chi connectivity index (χ4v) is 4.67. The second-order valence-electron chi connectivity index (χ2n) is 5.04. The van der Waals surface area contributed by atoms with Crippen LogP contribution >= 0.6 is 11.3 Å². The summed E-state index contributed by atoms with van der Waals surface area (Å²) in [6.07, 6.45) is 1.44. The largest absolute Gasteiger partial charge is 0.468 e. The van der Waals surface area contributed by atoms with Crippen LogP contribution in [0.5, 0.6) is 0 Å². The summed E-state index contributed by atoms with van der Waals surface area (Å²) in [4.78, 5) is 0. The first-order valence-corrected chi connectivity index (χ1v) is 9.37. The van der Waals surface area contributed by atoms with Gasteiger partial charge in [-0.1, -0.05) is 6.07 Å². The second kappa shape index (κ2) is 6.21. The van der Waals surface area contributed by atoms with E-state index in [2.05, 4.69) is 0 Å². The third-order valence-corrected chi connectivity index (χ3v) is 5.88. The quantitative estimate of drug-likeness (QED) is 0.676. The van der Waals surface area contributed by atoms with Crippen molar-refractivity contribution in [3.05, 3.63) is 59.4 Å². The minimum absolute atomic E-state index is 0.0718. The van der Waals surface area contributed by atoms with Gasteiger partial charge in [0.1, 0.15) is 11.8 Å². The van der Waals surface area contributed by atoms with E-state index in [-0.39, 0.29) is 11.5 Å². The van der Waals surface area contributed by atoms with Gasteiger partial charge >= 0.3 is 0 Å². The van der Waals surface area contributed by atoms with Crippen LogP contribution in [-0.2, 0) is 15.6 Å². The van der Waals surface area contributed by atoms with Crippen LogP contribution in [0.2, 0.25) is 0 Å². The summed E-state index contributed by atoms with van der Waals surface area (Å²) in [5.41, 5.74) is 2.74. The van der Waals surface area contributed by atoms with Gasteiger partial charge in [0, 0.05) is 4.70 Å². The van der Waals surface area contributed by atoms with Crippen molar-refractivity contribution in [2.24, 2.45) is 0 Å². The van der Waals surface area contributed by atoms with Crippen molar-refractivity contribution < 1.29 is 18.0 Å². The number of hydrogen-bond donors (Lipinski definition) is 2. The molecule has 1 atom stereocenters. The van der Waals surface area contributed by atoms with Crippen LogP contribution in [-0.4, -0.2) is 19.4 Å². The number of furan rings is 1. The van der Waals surface area contributed by atoms with Crippen LogP contribution in [0.15, 0.2) is 52.5 Å². The van der Waals surface area contributed by atoms with E-state index in [1.807, 2.05) is 35.1 Å². The minimum atomic E-state index is -3.40. The first kappa shape index (κ1) is 15.2. The predicted octanol–water partition coefficient (Wildman–Crippen LogP) is 3.13. The summed E-state index contributed by atoms with van der Waals surface area (Å²) < 4.78 is 31.0. The van der Waals surface area contributed by atoms with Crippen molar-refractivity contribution in [1.82, 2.24) is 5.48 Å². The molecule has 1 unspecified atom stereocenters. The normalized spacial score (nSPS) is 13.5. The highest BCUT2D eigenvalue weighted by atomic mass is 32.2. The van der Waals surface area contributed by atoms with Gasteiger partial charge in [0.25, 0.3) is 0 Å².